The van der Waals surface area contributed by atoms with Crippen LogP contribution in [0.3, 0.4) is 0 Å². The Balaban J connectivity index is 1.76. The number of imide groups is 2. The van der Waals surface area contributed by atoms with Crippen LogP contribution in [0, 0.1) is 0 Å². The molecule has 0 N–H and O–H groups in total. The van der Waals surface area contributed by atoms with Crippen molar-refractivity contribution in [3.8, 4) is 11.5 Å². The highest BCUT2D eigenvalue weighted by molar-refractivity contribution is 6.44. The number of amides is 4. The first-order chi connectivity index (χ1) is 14.5. The Morgan fingerprint density at radius 3 is 2.23 bits per heavy atom. The fourth-order valence-electron chi connectivity index (χ4n) is 4.10. The molecule has 0 bridgehead atoms. The minimum absolute atomic E-state index is 0.0289. The maximum absolute atomic E-state index is 12.4. The van der Waals surface area contributed by atoms with E-state index in [0.29, 0.717) is 24.5 Å². The van der Waals surface area contributed by atoms with Crippen LogP contribution in [0.4, 0.5) is 4.79 Å². The largest absolute Gasteiger partial charge is 0.493 e. The van der Waals surface area contributed by atoms with E-state index in [0.717, 1.165) is 26.5 Å². The molecule has 156 valence electrons. The number of urea groups is 1. The quantitative estimate of drug-likeness (QED) is 0.555. The molecule has 2 aliphatic rings. The van der Waals surface area contributed by atoms with Crippen LogP contribution >= 0.6 is 0 Å². The van der Waals surface area contributed by atoms with Gasteiger partial charge in [-0.3, -0.25) is 19.4 Å². The summed E-state index contributed by atoms with van der Waals surface area (Å²) in [5, 5.41) is 0. The highest BCUT2D eigenvalue weighted by Gasteiger charge is 2.44. The molecule has 4 rings (SSSR count). The Labute approximate surface area is 174 Å². The highest BCUT2D eigenvalue weighted by atomic mass is 16.5. The number of carbonyl (C=O) groups is 3. The zero-order valence-corrected chi connectivity index (χ0v) is 17.1. The Morgan fingerprint density at radius 1 is 0.967 bits per heavy atom. The van der Waals surface area contributed by atoms with E-state index in [1.807, 2.05) is 47.4 Å². The number of carbonyl (C=O) groups excluding carboxylic acids is 3. The molecular weight excluding hydrogens is 386 g/mol. The molecule has 30 heavy (non-hydrogen) atoms. The summed E-state index contributed by atoms with van der Waals surface area (Å²) in [5.74, 6) is -0.330. The van der Waals surface area contributed by atoms with Gasteiger partial charge in [-0.1, -0.05) is 30.3 Å². The second-order valence-electron chi connectivity index (χ2n) is 7.30. The van der Waals surface area contributed by atoms with Crippen LogP contribution < -0.4 is 9.47 Å². The minimum Gasteiger partial charge on any atom is -0.493 e. The average Bonchev–Trinajstić information content (AvgIpc) is 2.96. The standard InChI is InChI=1S/C22H23N3O5/c1-23-20(26)21(27)25(22(23)28)13-24-10-9-15-11-17(29-2)18(30-3)12-16(15)19(24)14-7-5-4-6-8-14/h4-8,11-12,19H,9-10,13H2,1-3H3/t19-/m0/s1. The second kappa shape index (κ2) is 7.79. The van der Waals surface area contributed by atoms with Crippen molar-refractivity contribution in [2.45, 2.75) is 12.5 Å². The van der Waals surface area contributed by atoms with Crippen molar-refractivity contribution >= 4 is 17.8 Å². The summed E-state index contributed by atoms with van der Waals surface area (Å²) < 4.78 is 11.0. The van der Waals surface area contributed by atoms with Crippen LogP contribution in [0.5, 0.6) is 11.5 Å². The molecule has 0 unspecified atom stereocenters. The van der Waals surface area contributed by atoms with Crippen LogP contribution in [0.2, 0.25) is 0 Å². The molecule has 8 heteroatoms. The number of benzene rings is 2. The van der Waals surface area contributed by atoms with Gasteiger partial charge in [0.1, 0.15) is 0 Å². The third-order valence-electron chi connectivity index (χ3n) is 5.66. The number of ether oxygens (including phenoxy) is 2. The lowest BCUT2D eigenvalue weighted by atomic mass is 9.88. The fourth-order valence-corrected chi connectivity index (χ4v) is 4.10. The van der Waals surface area contributed by atoms with E-state index in [1.54, 1.807) is 14.2 Å². The van der Waals surface area contributed by atoms with E-state index < -0.39 is 17.8 Å². The molecule has 1 fully saturated rings. The molecule has 0 aliphatic carbocycles. The van der Waals surface area contributed by atoms with Crippen molar-refractivity contribution in [3.63, 3.8) is 0 Å². The monoisotopic (exact) mass is 409 g/mol. The normalized spacial score (nSPS) is 19.3. The van der Waals surface area contributed by atoms with Crippen LogP contribution in [0.25, 0.3) is 0 Å². The van der Waals surface area contributed by atoms with E-state index >= 15 is 0 Å². The van der Waals surface area contributed by atoms with Gasteiger partial charge in [0.2, 0.25) is 0 Å². The average molecular weight is 409 g/mol. The molecule has 0 aromatic heterocycles. The molecule has 2 aromatic rings. The zero-order valence-electron chi connectivity index (χ0n) is 17.1. The van der Waals surface area contributed by atoms with Crippen molar-refractivity contribution < 1.29 is 23.9 Å². The first-order valence-electron chi connectivity index (χ1n) is 9.63. The molecule has 8 nitrogen and oxygen atoms in total. The summed E-state index contributed by atoms with van der Waals surface area (Å²) in [5.41, 5.74) is 3.15. The van der Waals surface area contributed by atoms with E-state index in [1.165, 1.54) is 7.05 Å². The summed E-state index contributed by atoms with van der Waals surface area (Å²) in [4.78, 5) is 40.6. The summed E-state index contributed by atoms with van der Waals surface area (Å²) in [7, 11) is 4.51. The number of likely N-dealkylation sites (N-methyl/N-ethyl adjacent to an activating group) is 1. The third kappa shape index (κ3) is 3.19. The van der Waals surface area contributed by atoms with Gasteiger partial charge in [0, 0.05) is 13.6 Å². The maximum Gasteiger partial charge on any atom is 0.335 e. The van der Waals surface area contributed by atoms with Gasteiger partial charge in [-0.25, -0.2) is 9.69 Å². The smallest absolute Gasteiger partial charge is 0.335 e. The van der Waals surface area contributed by atoms with Crippen molar-refractivity contribution in [2.75, 3.05) is 34.5 Å². The first kappa shape index (κ1) is 19.9. The van der Waals surface area contributed by atoms with Gasteiger partial charge in [0.05, 0.1) is 26.9 Å². The van der Waals surface area contributed by atoms with Crippen LogP contribution in [-0.4, -0.2) is 67.0 Å². The molecule has 0 saturated carbocycles. The van der Waals surface area contributed by atoms with Crippen LogP contribution in [0.15, 0.2) is 42.5 Å². The van der Waals surface area contributed by atoms with Gasteiger partial charge in [0.15, 0.2) is 11.5 Å². The Hall–Kier alpha value is -3.39. The summed E-state index contributed by atoms with van der Waals surface area (Å²) >= 11 is 0. The molecule has 2 aliphatic heterocycles. The van der Waals surface area contributed by atoms with Gasteiger partial charge in [0.25, 0.3) is 0 Å². The van der Waals surface area contributed by atoms with Gasteiger partial charge in [-0.05, 0) is 35.2 Å². The number of hydrogen-bond acceptors (Lipinski definition) is 6. The van der Waals surface area contributed by atoms with Gasteiger partial charge >= 0.3 is 17.8 Å². The fraction of sp³-hybridized carbons (Fsp3) is 0.318. The number of rotatable bonds is 5. The van der Waals surface area contributed by atoms with Gasteiger partial charge in [-0.2, -0.15) is 0 Å². The number of hydrogen-bond donors (Lipinski definition) is 0. The molecule has 1 saturated heterocycles. The predicted molar refractivity (Wildman–Crippen MR) is 108 cm³/mol. The lowest BCUT2D eigenvalue weighted by Gasteiger charge is -2.39. The van der Waals surface area contributed by atoms with Crippen molar-refractivity contribution in [1.82, 2.24) is 14.7 Å². The number of methoxy groups -OCH3 is 2. The second-order valence-corrected chi connectivity index (χ2v) is 7.30. The SMILES string of the molecule is COc1cc2c(cc1OC)[C@H](c1ccccc1)N(CN1C(=O)C(=O)N(C)C1=O)CC2. The Bertz CT molecular complexity index is 1010. The molecular formula is C22H23N3O5. The number of nitrogens with zero attached hydrogens (tertiary/aromatic N) is 3. The van der Waals surface area contributed by atoms with Gasteiger partial charge in [-0.15, -0.1) is 0 Å². The van der Waals surface area contributed by atoms with Crippen molar-refractivity contribution in [2.24, 2.45) is 0 Å². The molecule has 2 aromatic carbocycles. The lowest BCUT2D eigenvalue weighted by molar-refractivity contribution is -0.143. The molecule has 4 amide bonds. The topological polar surface area (TPSA) is 79.4 Å². The van der Waals surface area contributed by atoms with Crippen LogP contribution in [0.1, 0.15) is 22.7 Å². The summed E-state index contributed by atoms with van der Waals surface area (Å²) in [6, 6.07) is 13.0. The Kier molecular flexibility index (Phi) is 5.17. The van der Waals surface area contributed by atoms with Crippen molar-refractivity contribution in [1.29, 1.82) is 0 Å². The molecule has 0 spiro atoms. The van der Waals surface area contributed by atoms with Crippen LogP contribution in [-0.2, 0) is 16.0 Å². The van der Waals surface area contributed by atoms with Crippen molar-refractivity contribution in [3.05, 3.63) is 59.2 Å². The molecule has 0 radical (unpaired) electrons. The first-order valence-corrected chi connectivity index (χ1v) is 9.63. The summed E-state index contributed by atoms with van der Waals surface area (Å²) in [6.07, 6.45) is 0.707. The van der Waals surface area contributed by atoms with E-state index in [2.05, 4.69) is 0 Å². The third-order valence-corrected chi connectivity index (χ3v) is 5.66. The van der Waals surface area contributed by atoms with E-state index in [9.17, 15) is 14.4 Å². The zero-order chi connectivity index (χ0) is 21.4. The Morgan fingerprint density at radius 2 is 1.63 bits per heavy atom. The van der Waals surface area contributed by atoms with E-state index in [4.69, 9.17) is 9.47 Å². The maximum atomic E-state index is 12.4. The minimum atomic E-state index is -0.805. The lowest BCUT2D eigenvalue weighted by Crippen LogP contribution is -2.46. The summed E-state index contributed by atoms with van der Waals surface area (Å²) in [6.45, 7) is 0.637. The molecule has 2 heterocycles. The highest BCUT2D eigenvalue weighted by Crippen LogP contribution is 2.41. The molecule has 1 atom stereocenters. The number of fused-ring (bicyclic) bond motifs is 1. The van der Waals surface area contributed by atoms with Gasteiger partial charge < -0.3 is 9.47 Å². The van der Waals surface area contributed by atoms with E-state index in [-0.39, 0.29) is 12.7 Å². The predicted octanol–water partition coefficient (Wildman–Crippen LogP) is 2.03.